The second-order valence-corrected chi connectivity index (χ2v) is 3.14. The summed E-state index contributed by atoms with van der Waals surface area (Å²) in [7, 11) is 0. The van der Waals surface area contributed by atoms with Gasteiger partial charge in [0.25, 0.3) is 0 Å². The molecule has 2 heterocycles. The van der Waals surface area contributed by atoms with E-state index in [-0.39, 0.29) is 0 Å². The van der Waals surface area contributed by atoms with E-state index in [9.17, 15) is 0 Å². The molecule has 0 atom stereocenters. The molecule has 0 aliphatic carbocycles. The van der Waals surface area contributed by atoms with Crippen LogP contribution in [0.2, 0.25) is 0 Å². The van der Waals surface area contributed by atoms with E-state index in [0.717, 1.165) is 9.99 Å². The number of pyridine rings is 1. The zero-order valence-electron chi connectivity index (χ0n) is 5.66. The van der Waals surface area contributed by atoms with Gasteiger partial charge >= 0.3 is 0 Å². The SMILES string of the molecule is Nc1ccc2c(Br)cnn2c1. The Hall–Kier alpha value is -1.03. The number of hydrogen-bond donors (Lipinski definition) is 1. The molecule has 0 spiro atoms. The summed E-state index contributed by atoms with van der Waals surface area (Å²) in [6, 6.07) is 3.77. The predicted molar refractivity (Wildman–Crippen MR) is 47.3 cm³/mol. The number of aromatic nitrogens is 2. The van der Waals surface area contributed by atoms with Crippen LogP contribution in [0.4, 0.5) is 5.69 Å². The van der Waals surface area contributed by atoms with E-state index < -0.39 is 0 Å². The van der Waals surface area contributed by atoms with Crippen molar-refractivity contribution >= 4 is 27.1 Å². The van der Waals surface area contributed by atoms with Gasteiger partial charge < -0.3 is 5.73 Å². The largest absolute Gasteiger partial charge is 0.397 e. The van der Waals surface area contributed by atoms with Crippen molar-refractivity contribution in [1.29, 1.82) is 0 Å². The van der Waals surface area contributed by atoms with Gasteiger partial charge in [-0.3, -0.25) is 0 Å². The summed E-state index contributed by atoms with van der Waals surface area (Å²) in [4.78, 5) is 0. The Morgan fingerprint density at radius 3 is 3.09 bits per heavy atom. The van der Waals surface area contributed by atoms with Gasteiger partial charge in [0.2, 0.25) is 0 Å². The van der Waals surface area contributed by atoms with Crippen LogP contribution in [-0.2, 0) is 0 Å². The Balaban J connectivity index is 2.86. The van der Waals surface area contributed by atoms with Crippen LogP contribution in [0.25, 0.3) is 5.52 Å². The fourth-order valence-electron chi connectivity index (χ4n) is 0.969. The van der Waals surface area contributed by atoms with Crippen molar-refractivity contribution in [3.8, 4) is 0 Å². The van der Waals surface area contributed by atoms with Crippen LogP contribution < -0.4 is 5.73 Å². The van der Waals surface area contributed by atoms with Crippen LogP contribution in [-0.4, -0.2) is 9.61 Å². The average molecular weight is 212 g/mol. The summed E-state index contributed by atoms with van der Waals surface area (Å²) in [5.74, 6) is 0. The minimum atomic E-state index is 0.716. The van der Waals surface area contributed by atoms with E-state index in [4.69, 9.17) is 5.73 Å². The van der Waals surface area contributed by atoms with Crippen molar-refractivity contribution in [3.63, 3.8) is 0 Å². The minimum Gasteiger partial charge on any atom is -0.397 e. The number of halogens is 1. The number of nitrogen functional groups attached to an aromatic ring is 1. The van der Waals surface area contributed by atoms with Gasteiger partial charge in [-0.25, -0.2) is 4.52 Å². The molecule has 3 nitrogen and oxygen atoms in total. The third-order valence-electron chi connectivity index (χ3n) is 1.49. The Labute approximate surface area is 71.9 Å². The fourth-order valence-corrected chi connectivity index (χ4v) is 1.37. The molecule has 2 N–H and O–H groups in total. The van der Waals surface area contributed by atoms with Crippen molar-refractivity contribution < 1.29 is 0 Å². The normalized spacial score (nSPS) is 10.6. The molecule has 0 bridgehead atoms. The standard InChI is InChI=1S/C7H6BrN3/c8-6-3-10-11-4-5(9)1-2-7(6)11/h1-4H,9H2. The molecule has 2 aromatic rings. The van der Waals surface area contributed by atoms with Gasteiger partial charge in [0.1, 0.15) is 0 Å². The molecule has 0 amide bonds. The molecule has 4 heteroatoms. The maximum Gasteiger partial charge on any atom is 0.0805 e. The molecule has 0 fully saturated rings. The molecule has 0 unspecified atom stereocenters. The summed E-state index contributed by atoms with van der Waals surface area (Å²) in [6.07, 6.45) is 3.52. The third kappa shape index (κ3) is 0.991. The Morgan fingerprint density at radius 1 is 1.45 bits per heavy atom. The molecular weight excluding hydrogens is 206 g/mol. The van der Waals surface area contributed by atoms with Crippen LogP contribution in [0.15, 0.2) is 29.0 Å². The summed E-state index contributed by atoms with van der Waals surface area (Å²) in [5, 5.41) is 4.07. The van der Waals surface area contributed by atoms with Crippen LogP contribution >= 0.6 is 15.9 Å². The van der Waals surface area contributed by atoms with E-state index in [1.807, 2.05) is 12.1 Å². The number of rotatable bonds is 0. The van der Waals surface area contributed by atoms with Gasteiger partial charge in [-0.1, -0.05) is 0 Å². The molecule has 0 radical (unpaired) electrons. The molecule has 0 saturated carbocycles. The molecule has 2 aromatic heterocycles. The number of nitrogens with zero attached hydrogens (tertiary/aromatic N) is 2. The van der Waals surface area contributed by atoms with Crippen LogP contribution in [0.5, 0.6) is 0 Å². The van der Waals surface area contributed by atoms with E-state index in [1.54, 1.807) is 16.9 Å². The minimum absolute atomic E-state index is 0.716. The van der Waals surface area contributed by atoms with Gasteiger partial charge in [-0.2, -0.15) is 5.10 Å². The van der Waals surface area contributed by atoms with Gasteiger partial charge in [-0.05, 0) is 28.1 Å². The van der Waals surface area contributed by atoms with E-state index in [0.29, 0.717) is 5.69 Å². The lowest BCUT2D eigenvalue weighted by Gasteiger charge is -1.94. The van der Waals surface area contributed by atoms with Crippen LogP contribution in [0.3, 0.4) is 0 Å². The zero-order chi connectivity index (χ0) is 7.84. The lowest BCUT2D eigenvalue weighted by atomic mass is 10.4. The summed E-state index contributed by atoms with van der Waals surface area (Å²) >= 11 is 3.37. The zero-order valence-corrected chi connectivity index (χ0v) is 7.25. The Morgan fingerprint density at radius 2 is 2.27 bits per heavy atom. The molecule has 0 saturated heterocycles. The second-order valence-electron chi connectivity index (χ2n) is 2.28. The lowest BCUT2D eigenvalue weighted by Crippen LogP contribution is -1.90. The Kier molecular flexibility index (Phi) is 1.35. The second kappa shape index (κ2) is 2.23. The van der Waals surface area contributed by atoms with E-state index >= 15 is 0 Å². The maximum atomic E-state index is 5.56. The molecule has 11 heavy (non-hydrogen) atoms. The smallest absolute Gasteiger partial charge is 0.0805 e. The molecule has 56 valence electrons. The first kappa shape index (κ1) is 6.67. The summed E-state index contributed by atoms with van der Waals surface area (Å²) in [6.45, 7) is 0. The lowest BCUT2D eigenvalue weighted by molar-refractivity contribution is 0.963. The highest BCUT2D eigenvalue weighted by molar-refractivity contribution is 9.10. The number of nitrogens with two attached hydrogens (primary N) is 1. The number of fused-ring (bicyclic) bond motifs is 1. The number of hydrogen-bond acceptors (Lipinski definition) is 2. The highest BCUT2D eigenvalue weighted by atomic mass is 79.9. The molecule has 2 rings (SSSR count). The number of anilines is 1. The van der Waals surface area contributed by atoms with Gasteiger partial charge in [0.05, 0.1) is 28.1 Å². The highest BCUT2D eigenvalue weighted by Gasteiger charge is 1.98. The third-order valence-corrected chi connectivity index (χ3v) is 2.10. The van der Waals surface area contributed by atoms with E-state index in [1.165, 1.54) is 0 Å². The van der Waals surface area contributed by atoms with Crippen LogP contribution in [0, 0.1) is 0 Å². The average Bonchev–Trinajstić information content (AvgIpc) is 2.32. The first-order chi connectivity index (χ1) is 5.27. The monoisotopic (exact) mass is 211 g/mol. The fraction of sp³-hybridized carbons (Fsp3) is 0. The van der Waals surface area contributed by atoms with Crippen molar-refractivity contribution in [3.05, 3.63) is 29.0 Å². The van der Waals surface area contributed by atoms with Crippen molar-refractivity contribution in [2.75, 3.05) is 5.73 Å². The molecule has 0 aliphatic heterocycles. The molecular formula is C7H6BrN3. The van der Waals surface area contributed by atoms with Crippen molar-refractivity contribution in [2.24, 2.45) is 0 Å². The van der Waals surface area contributed by atoms with E-state index in [2.05, 4.69) is 21.0 Å². The Bertz CT molecular complexity index is 393. The molecule has 0 aromatic carbocycles. The summed E-state index contributed by atoms with van der Waals surface area (Å²) < 4.78 is 2.72. The van der Waals surface area contributed by atoms with Gasteiger partial charge in [0, 0.05) is 0 Å². The van der Waals surface area contributed by atoms with Gasteiger partial charge in [-0.15, -0.1) is 0 Å². The first-order valence-electron chi connectivity index (χ1n) is 3.16. The van der Waals surface area contributed by atoms with Gasteiger partial charge in [0.15, 0.2) is 0 Å². The van der Waals surface area contributed by atoms with Crippen LogP contribution in [0.1, 0.15) is 0 Å². The predicted octanol–water partition coefficient (Wildman–Crippen LogP) is 1.68. The topological polar surface area (TPSA) is 43.3 Å². The molecule has 0 aliphatic rings. The highest BCUT2D eigenvalue weighted by Crippen LogP contribution is 2.17. The quantitative estimate of drug-likeness (QED) is 0.721. The van der Waals surface area contributed by atoms with Crippen molar-refractivity contribution in [1.82, 2.24) is 9.61 Å². The summed E-state index contributed by atoms with van der Waals surface area (Å²) in [5.41, 5.74) is 7.30. The first-order valence-corrected chi connectivity index (χ1v) is 3.95. The maximum absolute atomic E-state index is 5.56. The van der Waals surface area contributed by atoms with Crippen molar-refractivity contribution in [2.45, 2.75) is 0 Å².